The third-order valence-corrected chi connectivity index (χ3v) is 3.32. The Morgan fingerprint density at radius 2 is 1.86 bits per heavy atom. The highest BCUT2D eigenvalue weighted by atomic mass is 35.5. The zero-order valence-corrected chi connectivity index (χ0v) is 13.5. The van der Waals surface area contributed by atoms with Crippen molar-refractivity contribution in [2.45, 2.75) is 44.6 Å². The van der Waals surface area contributed by atoms with E-state index in [9.17, 15) is 4.39 Å². The predicted octanol–water partition coefficient (Wildman–Crippen LogP) is 3.27. The molecule has 1 atom stereocenters. The third-order valence-electron chi connectivity index (χ3n) is 3.32. The minimum atomic E-state index is -0.522. The van der Waals surface area contributed by atoms with Gasteiger partial charge in [-0.15, -0.1) is 12.4 Å². The molecule has 3 nitrogen and oxygen atoms in total. The maximum absolute atomic E-state index is 11.9. The van der Waals surface area contributed by atoms with Crippen molar-refractivity contribution in [2.75, 3.05) is 19.9 Å². The van der Waals surface area contributed by atoms with Crippen molar-refractivity contribution >= 4 is 12.4 Å². The van der Waals surface area contributed by atoms with Crippen molar-refractivity contribution in [1.82, 2.24) is 0 Å². The smallest absolute Gasteiger partial charge is 0.119 e. The molecule has 0 radical (unpaired) electrons. The zero-order valence-electron chi connectivity index (χ0n) is 12.7. The first-order valence-electron chi connectivity index (χ1n) is 7.25. The Morgan fingerprint density at radius 3 is 2.43 bits per heavy atom. The summed E-state index contributed by atoms with van der Waals surface area (Å²) in [5.74, 6) is 0.840. The van der Waals surface area contributed by atoms with Crippen LogP contribution in [0.2, 0.25) is 0 Å². The van der Waals surface area contributed by atoms with Gasteiger partial charge in [-0.1, -0.05) is 12.1 Å². The highest BCUT2D eigenvalue weighted by Gasteiger charge is 2.16. The van der Waals surface area contributed by atoms with Gasteiger partial charge in [0.2, 0.25) is 0 Å². The second-order valence-corrected chi connectivity index (χ2v) is 5.55. The van der Waals surface area contributed by atoms with Gasteiger partial charge >= 0.3 is 0 Å². The molecule has 122 valence electrons. The molecular formula is C16H27ClFNO2. The standard InChI is InChI=1S/C16H26FNO2.ClH/c1-16(18,13-19)10-9-14-5-7-15(8-6-14)20-12-4-2-3-11-17;/h5-8,19H,2-4,9-13,18H2,1H3;1H. The Labute approximate surface area is 133 Å². The number of rotatable bonds is 10. The van der Waals surface area contributed by atoms with Crippen molar-refractivity contribution in [3.05, 3.63) is 29.8 Å². The molecule has 3 N–H and O–H groups in total. The maximum atomic E-state index is 11.9. The number of unbranched alkanes of at least 4 members (excludes halogenated alkanes) is 2. The van der Waals surface area contributed by atoms with Crippen LogP contribution >= 0.6 is 12.4 Å². The number of nitrogens with two attached hydrogens (primary N) is 1. The fourth-order valence-corrected chi connectivity index (χ4v) is 1.82. The Balaban J connectivity index is 0.00000400. The molecule has 0 saturated heterocycles. The van der Waals surface area contributed by atoms with Gasteiger partial charge in [-0.05, 0) is 56.7 Å². The zero-order chi connectivity index (χ0) is 14.8. The Morgan fingerprint density at radius 1 is 1.19 bits per heavy atom. The van der Waals surface area contributed by atoms with E-state index in [2.05, 4.69) is 0 Å². The molecule has 5 heteroatoms. The Hall–Kier alpha value is -0.840. The average molecular weight is 320 g/mol. The van der Waals surface area contributed by atoms with Crippen LogP contribution in [-0.2, 0) is 6.42 Å². The first kappa shape index (κ1) is 20.2. The number of aryl methyl sites for hydroxylation is 1. The summed E-state index contributed by atoms with van der Waals surface area (Å²) in [7, 11) is 0. The number of hydrogen-bond acceptors (Lipinski definition) is 3. The molecule has 0 aliphatic heterocycles. The lowest BCUT2D eigenvalue weighted by atomic mass is 9.95. The van der Waals surface area contributed by atoms with Gasteiger partial charge in [-0.25, -0.2) is 0 Å². The van der Waals surface area contributed by atoms with E-state index in [0.717, 1.165) is 31.4 Å². The minimum absolute atomic E-state index is 0. The summed E-state index contributed by atoms with van der Waals surface area (Å²) in [6.07, 6.45) is 3.95. The van der Waals surface area contributed by atoms with Crippen LogP contribution < -0.4 is 10.5 Å². The van der Waals surface area contributed by atoms with Crippen LogP contribution in [0.5, 0.6) is 5.75 Å². The normalized spacial score (nSPS) is 13.3. The molecule has 1 aromatic carbocycles. The van der Waals surface area contributed by atoms with E-state index in [-0.39, 0.29) is 25.7 Å². The summed E-state index contributed by atoms with van der Waals surface area (Å²) in [5, 5.41) is 9.11. The Bertz CT molecular complexity index is 371. The number of halogens is 2. The van der Waals surface area contributed by atoms with E-state index in [4.69, 9.17) is 15.6 Å². The highest BCUT2D eigenvalue weighted by Crippen LogP contribution is 2.16. The quantitative estimate of drug-likeness (QED) is 0.651. The van der Waals surface area contributed by atoms with Crippen molar-refractivity contribution < 1.29 is 14.2 Å². The SMILES string of the molecule is CC(N)(CO)CCc1ccc(OCCCCCF)cc1.Cl. The van der Waals surface area contributed by atoms with E-state index < -0.39 is 5.54 Å². The van der Waals surface area contributed by atoms with E-state index in [1.807, 2.05) is 31.2 Å². The van der Waals surface area contributed by atoms with Gasteiger partial charge in [-0.3, -0.25) is 4.39 Å². The van der Waals surface area contributed by atoms with Crippen molar-refractivity contribution in [3.63, 3.8) is 0 Å². The molecule has 0 amide bonds. The lowest BCUT2D eigenvalue weighted by molar-refractivity contribution is 0.200. The molecule has 0 heterocycles. The third kappa shape index (κ3) is 8.91. The molecule has 0 aliphatic rings. The molecule has 1 unspecified atom stereocenters. The van der Waals surface area contributed by atoms with E-state index in [0.29, 0.717) is 13.0 Å². The predicted molar refractivity (Wildman–Crippen MR) is 87.0 cm³/mol. The molecule has 0 aromatic heterocycles. The van der Waals surface area contributed by atoms with Crippen LogP contribution in [0.15, 0.2) is 24.3 Å². The lowest BCUT2D eigenvalue weighted by Crippen LogP contribution is -2.40. The van der Waals surface area contributed by atoms with Crippen molar-refractivity contribution in [3.8, 4) is 5.75 Å². The molecular weight excluding hydrogens is 293 g/mol. The number of aliphatic hydroxyl groups excluding tert-OH is 1. The number of aliphatic hydroxyl groups is 1. The van der Waals surface area contributed by atoms with Gasteiger partial charge in [0.25, 0.3) is 0 Å². The van der Waals surface area contributed by atoms with Gasteiger partial charge in [0.05, 0.1) is 19.9 Å². The molecule has 0 bridgehead atoms. The minimum Gasteiger partial charge on any atom is -0.494 e. The van der Waals surface area contributed by atoms with Gasteiger partial charge in [-0.2, -0.15) is 0 Å². The molecule has 1 rings (SSSR count). The summed E-state index contributed by atoms with van der Waals surface area (Å²) in [6, 6.07) is 7.92. The van der Waals surface area contributed by atoms with Crippen LogP contribution in [0.4, 0.5) is 4.39 Å². The second kappa shape index (κ2) is 10.8. The van der Waals surface area contributed by atoms with Crippen LogP contribution in [0, 0.1) is 0 Å². The summed E-state index contributed by atoms with van der Waals surface area (Å²) in [4.78, 5) is 0. The first-order valence-corrected chi connectivity index (χ1v) is 7.25. The van der Waals surface area contributed by atoms with Crippen LogP contribution in [0.1, 0.15) is 38.2 Å². The molecule has 0 spiro atoms. The fourth-order valence-electron chi connectivity index (χ4n) is 1.82. The van der Waals surface area contributed by atoms with Gasteiger partial charge in [0.15, 0.2) is 0 Å². The maximum Gasteiger partial charge on any atom is 0.119 e. The number of benzene rings is 1. The molecule has 21 heavy (non-hydrogen) atoms. The van der Waals surface area contributed by atoms with E-state index in [1.165, 1.54) is 5.56 Å². The summed E-state index contributed by atoms with van der Waals surface area (Å²) in [5.41, 5.74) is 6.56. The summed E-state index contributed by atoms with van der Waals surface area (Å²) < 4.78 is 17.5. The number of alkyl halides is 1. The molecule has 0 aliphatic carbocycles. The second-order valence-electron chi connectivity index (χ2n) is 5.55. The number of ether oxygens (including phenoxy) is 1. The average Bonchev–Trinajstić information content (AvgIpc) is 2.46. The molecule has 1 aromatic rings. The van der Waals surface area contributed by atoms with E-state index >= 15 is 0 Å². The van der Waals surface area contributed by atoms with E-state index in [1.54, 1.807) is 0 Å². The van der Waals surface area contributed by atoms with Gasteiger partial charge < -0.3 is 15.6 Å². The summed E-state index contributed by atoms with van der Waals surface area (Å²) >= 11 is 0. The van der Waals surface area contributed by atoms with Crippen LogP contribution in [0.3, 0.4) is 0 Å². The number of hydrogen-bond donors (Lipinski definition) is 2. The fraction of sp³-hybridized carbons (Fsp3) is 0.625. The topological polar surface area (TPSA) is 55.5 Å². The molecule has 0 saturated carbocycles. The van der Waals surface area contributed by atoms with Crippen LogP contribution in [0.25, 0.3) is 0 Å². The van der Waals surface area contributed by atoms with Gasteiger partial charge in [0.1, 0.15) is 5.75 Å². The lowest BCUT2D eigenvalue weighted by Gasteiger charge is -2.21. The Kier molecular flexibility index (Phi) is 10.4. The van der Waals surface area contributed by atoms with Crippen molar-refractivity contribution in [2.24, 2.45) is 5.73 Å². The van der Waals surface area contributed by atoms with Crippen molar-refractivity contribution in [1.29, 1.82) is 0 Å². The van der Waals surface area contributed by atoms with Crippen LogP contribution in [-0.4, -0.2) is 30.5 Å². The monoisotopic (exact) mass is 319 g/mol. The summed E-state index contributed by atoms with van der Waals surface area (Å²) in [6.45, 7) is 2.22. The first-order chi connectivity index (χ1) is 9.57. The largest absolute Gasteiger partial charge is 0.494 e. The highest BCUT2D eigenvalue weighted by molar-refractivity contribution is 5.85. The van der Waals surface area contributed by atoms with Gasteiger partial charge in [0, 0.05) is 5.54 Å². The molecule has 0 fully saturated rings.